The summed E-state index contributed by atoms with van der Waals surface area (Å²) >= 11 is 6.08. The molecule has 0 aliphatic carbocycles. The number of hydrogen-bond donors (Lipinski definition) is 2. The summed E-state index contributed by atoms with van der Waals surface area (Å²) in [5, 5.41) is 4.96. The van der Waals surface area contributed by atoms with E-state index in [0.717, 1.165) is 10.2 Å². The summed E-state index contributed by atoms with van der Waals surface area (Å²) in [6.45, 7) is 1.31. The quantitative estimate of drug-likeness (QED) is 0.387. The lowest BCUT2D eigenvalue weighted by Gasteiger charge is -2.26. The summed E-state index contributed by atoms with van der Waals surface area (Å²) < 4.78 is 12.7. The summed E-state index contributed by atoms with van der Waals surface area (Å²) in [5.74, 6) is -1.04. The van der Waals surface area contributed by atoms with Gasteiger partial charge >= 0.3 is 0 Å². The maximum atomic E-state index is 13.1. The first kappa shape index (κ1) is 22.4. The van der Waals surface area contributed by atoms with E-state index in [1.54, 1.807) is 43.3 Å². The molecule has 0 saturated heterocycles. The number of halogens is 1. The van der Waals surface area contributed by atoms with Crippen LogP contribution in [0, 0.1) is 6.92 Å². The predicted molar refractivity (Wildman–Crippen MR) is 128 cm³/mol. The smallest absolute Gasteiger partial charge is 0.287 e. The highest BCUT2D eigenvalue weighted by Crippen LogP contribution is 2.47. The first-order valence-electron chi connectivity index (χ1n) is 10.6. The number of benzene rings is 2. The number of nitrogens with zero attached hydrogens (tertiary/aromatic N) is 2. The largest absolute Gasteiger partial charge is 0.483 e. The van der Waals surface area contributed by atoms with Crippen molar-refractivity contribution in [3.05, 3.63) is 104 Å². The molecule has 176 valence electrons. The Balaban J connectivity index is 1.55. The van der Waals surface area contributed by atoms with Gasteiger partial charge in [-0.3, -0.25) is 14.4 Å². The molecule has 1 unspecified atom stereocenters. The van der Waals surface area contributed by atoms with Gasteiger partial charge in [0.1, 0.15) is 11.5 Å². The van der Waals surface area contributed by atoms with E-state index < -0.39 is 24.3 Å². The van der Waals surface area contributed by atoms with Crippen molar-refractivity contribution < 1.29 is 19.1 Å². The van der Waals surface area contributed by atoms with Crippen molar-refractivity contribution in [3.63, 3.8) is 0 Å². The van der Waals surface area contributed by atoms with Crippen LogP contribution in [0.25, 0.3) is 0 Å². The number of rotatable bonds is 5. The van der Waals surface area contributed by atoms with Gasteiger partial charge in [-0.1, -0.05) is 35.9 Å². The van der Waals surface area contributed by atoms with E-state index in [1.807, 2.05) is 12.1 Å². The van der Waals surface area contributed by atoms with Crippen LogP contribution in [0.4, 0.5) is 0 Å². The van der Waals surface area contributed by atoms with Crippen molar-refractivity contribution in [3.8, 4) is 17.4 Å². The number of ether oxygens (including phenoxy) is 2. The number of primary amides is 1. The third-order valence-corrected chi connectivity index (χ3v) is 6.00. The molecule has 0 saturated carbocycles. The van der Waals surface area contributed by atoms with E-state index in [0.29, 0.717) is 27.6 Å². The lowest BCUT2D eigenvalue weighted by molar-refractivity contribution is 0.0806. The monoisotopic (exact) mass is 490 g/mol. The number of para-hydroxylation sites is 1. The van der Waals surface area contributed by atoms with Crippen molar-refractivity contribution in [2.75, 3.05) is 6.61 Å². The van der Waals surface area contributed by atoms with Crippen molar-refractivity contribution in [2.45, 2.75) is 12.8 Å². The molecule has 1 atom stereocenters. The van der Waals surface area contributed by atoms with E-state index in [1.165, 1.54) is 12.3 Å². The van der Waals surface area contributed by atoms with E-state index in [-0.39, 0.29) is 22.8 Å². The van der Waals surface area contributed by atoms with Crippen LogP contribution in [0.5, 0.6) is 17.4 Å². The van der Waals surface area contributed by atoms with Crippen molar-refractivity contribution in [1.82, 2.24) is 14.8 Å². The number of aromatic amines is 1. The van der Waals surface area contributed by atoms with Crippen LogP contribution < -0.4 is 20.8 Å². The fourth-order valence-corrected chi connectivity index (χ4v) is 4.31. The molecule has 3 N–H and O–H groups in total. The van der Waals surface area contributed by atoms with Crippen LogP contribution in [0.3, 0.4) is 0 Å². The average molecular weight is 491 g/mol. The lowest BCUT2D eigenvalue weighted by atomic mass is 9.84. The average Bonchev–Trinajstić information content (AvgIpc) is 3.18. The van der Waals surface area contributed by atoms with E-state index in [4.69, 9.17) is 26.8 Å². The standard InChI is InChI=1S/C25H19ClN4O5/c1-13-20-21(14-6-8-15(26)9-7-14)22-18(10-11-28-24(22)33)35-25(20)30(29-13)19(31)12-34-17-5-3-2-4-16(17)23(27)32/h2-11,21H,12H2,1H3,(H2,27,32)(H,28,33). The number of H-pyrrole nitrogens is 1. The van der Waals surface area contributed by atoms with Crippen LogP contribution in [0.1, 0.15) is 43.5 Å². The van der Waals surface area contributed by atoms with Crippen molar-refractivity contribution in [2.24, 2.45) is 5.73 Å². The first-order chi connectivity index (χ1) is 16.8. The number of carbonyl (C=O) groups is 2. The zero-order valence-corrected chi connectivity index (χ0v) is 19.2. The van der Waals surface area contributed by atoms with Crippen LogP contribution in [0.15, 0.2) is 65.6 Å². The molecular weight excluding hydrogens is 472 g/mol. The molecule has 4 aromatic rings. The highest BCUT2D eigenvalue weighted by atomic mass is 35.5. The third-order valence-electron chi connectivity index (χ3n) is 5.75. The number of pyridine rings is 1. The summed E-state index contributed by atoms with van der Waals surface area (Å²) in [6.07, 6.45) is 1.48. The molecule has 1 amide bonds. The van der Waals surface area contributed by atoms with E-state index in [2.05, 4.69) is 10.1 Å². The first-order valence-corrected chi connectivity index (χ1v) is 11.0. The summed E-state index contributed by atoms with van der Waals surface area (Å²) in [4.78, 5) is 40.3. The predicted octanol–water partition coefficient (Wildman–Crippen LogP) is 3.64. The van der Waals surface area contributed by atoms with Gasteiger partial charge in [0.15, 0.2) is 6.61 Å². The zero-order chi connectivity index (χ0) is 24.7. The third kappa shape index (κ3) is 3.95. The maximum absolute atomic E-state index is 13.1. The molecule has 0 spiro atoms. The second-order valence-electron chi connectivity index (χ2n) is 7.93. The number of fused-ring (bicyclic) bond motifs is 2. The van der Waals surface area contributed by atoms with Crippen molar-refractivity contribution >= 4 is 23.4 Å². The summed E-state index contributed by atoms with van der Waals surface area (Å²) in [6, 6.07) is 15.1. The Kier molecular flexibility index (Phi) is 5.62. The Morgan fingerprint density at radius 3 is 2.63 bits per heavy atom. The Bertz CT molecular complexity index is 1520. The molecule has 2 aromatic carbocycles. The molecule has 35 heavy (non-hydrogen) atoms. The second kappa shape index (κ2) is 8.77. The maximum Gasteiger partial charge on any atom is 0.287 e. The molecule has 1 aliphatic heterocycles. The van der Waals surface area contributed by atoms with Gasteiger partial charge in [0, 0.05) is 11.2 Å². The highest BCUT2D eigenvalue weighted by molar-refractivity contribution is 6.30. The number of aromatic nitrogens is 3. The Hall–Kier alpha value is -4.37. The van der Waals surface area contributed by atoms with Crippen molar-refractivity contribution in [1.29, 1.82) is 0 Å². The Labute approximate surface area is 204 Å². The van der Waals surface area contributed by atoms with Crippen LogP contribution in [0.2, 0.25) is 5.02 Å². The molecule has 3 heterocycles. The number of carbonyl (C=O) groups excluding carboxylic acids is 2. The molecule has 5 rings (SSSR count). The van der Waals surface area contributed by atoms with Crippen LogP contribution in [-0.4, -0.2) is 33.2 Å². The molecule has 0 fully saturated rings. The van der Waals surface area contributed by atoms with Gasteiger partial charge in [-0.2, -0.15) is 9.78 Å². The molecule has 0 radical (unpaired) electrons. The van der Waals surface area contributed by atoms with E-state index in [9.17, 15) is 14.4 Å². The topological polar surface area (TPSA) is 129 Å². The van der Waals surface area contributed by atoms with Crippen LogP contribution in [-0.2, 0) is 0 Å². The fraction of sp³-hybridized carbons (Fsp3) is 0.120. The van der Waals surface area contributed by atoms with Gasteiger partial charge in [-0.05, 0) is 42.8 Å². The molecule has 0 bridgehead atoms. The minimum Gasteiger partial charge on any atom is -0.483 e. The van der Waals surface area contributed by atoms with Gasteiger partial charge in [-0.25, -0.2) is 0 Å². The zero-order valence-electron chi connectivity index (χ0n) is 18.4. The second-order valence-corrected chi connectivity index (χ2v) is 8.37. The van der Waals surface area contributed by atoms with Gasteiger partial charge in [-0.15, -0.1) is 0 Å². The number of hydrogen-bond acceptors (Lipinski definition) is 6. The van der Waals surface area contributed by atoms with Gasteiger partial charge in [0.25, 0.3) is 17.4 Å². The molecule has 10 heteroatoms. The fourth-order valence-electron chi connectivity index (χ4n) is 4.19. The Morgan fingerprint density at radius 1 is 1.14 bits per heavy atom. The molecule has 9 nitrogen and oxygen atoms in total. The number of nitrogens with two attached hydrogens (primary N) is 1. The normalized spacial score (nSPS) is 13.9. The van der Waals surface area contributed by atoms with Gasteiger partial charge in [0.05, 0.1) is 28.3 Å². The minimum atomic E-state index is -0.670. The summed E-state index contributed by atoms with van der Waals surface area (Å²) in [7, 11) is 0. The van der Waals surface area contributed by atoms with Gasteiger partial charge < -0.3 is 20.2 Å². The SMILES string of the molecule is Cc1nn(C(=O)COc2ccccc2C(N)=O)c2c1C(c1ccc(Cl)cc1)c1c(cc[nH]c1=O)O2. The highest BCUT2D eigenvalue weighted by Gasteiger charge is 2.37. The molecule has 1 aliphatic rings. The van der Waals surface area contributed by atoms with Crippen LogP contribution >= 0.6 is 11.6 Å². The number of aryl methyl sites for hydroxylation is 1. The number of nitrogens with one attached hydrogen (secondary N) is 1. The van der Waals surface area contributed by atoms with E-state index >= 15 is 0 Å². The lowest BCUT2D eigenvalue weighted by Crippen LogP contribution is -2.25. The summed E-state index contributed by atoms with van der Waals surface area (Å²) in [5.41, 5.74) is 7.53. The Morgan fingerprint density at radius 2 is 1.89 bits per heavy atom. The minimum absolute atomic E-state index is 0.158. The molecular formula is C25H19ClN4O5. The molecule has 2 aromatic heterocycles. The van der Waals surface area contributed by atoms with Gasteiger partial charge in [0.2, 0.25) is 5.88 Å². The number of amides is 1.